The Morgan fingerprint density at radius 1 is 1.25 bits per heavy atom. The van der Waals surface area contributed by atoms with Crippen molar-refractivity contribution in [2.45, 2.75) is 6.54 Å². The number of aromatic amines is 1. The maximum absolute atomic E-state index is 13.3. The number of carbonyl (C=O) groups excluding carboxylic acids is 2. The van der Waals surface area contributed by atoms with Gasteiger partial charge in [-0.15, -0.1) is 11.3 Å². The summed E-state index contributed by atoms with van der Waals surface area (Å²) in [5, 5.41) is 12.9. The summed E-state index contributed by atoms with van der Waals surface area (Å²) in [4.78, 5) is 25.2. The highest BCUT2D eigenvalue weighted by molar-refractivity contribution is 7.10. The normalized spacial score (nSPS) is 10.6. The number of nitrogens with one attached hydrogen (secondary N) is 3. The zero-order chi connectivity index (χ0) is 20.3. The van der Waals surface area contributed by atoms with Crippen molar-refractivity contribution in [1.82, 2.24) is 15.5 Å². The molecule has 0 radical (unpaired) electrons. The van der Waals surface area contributed by atoms with Crippen LogP contribution in [0.2, 0.25) is 5.02 Å². The van der Waals surface area contributed by atoms with E-state index in [4.69, 9.17) is 16.3 Å². The van der Waals surface area contributed by atoms with E-state index in [-0.39, 0.29) is 28.6 Å². The Morgan fingerprint density at radius 2 is 2.00 bits per heavy atom. The fourth-order valence-electron chi connectivity index (χ4n) is 2.28. The first-order chi connectivity index (χ1) is 13.4. The second kappa shape index (κ2) is 8.36. The lowest BCUT2D eigenvalue weighted by Gasteiger charge is -2.05. The molecule has 3 rings (SSSR count). The van der Waals surface area contributed by atoms with Crippen LogP contribution in [0.1, 0.15) is 25.7 Å². The number of hydrogen-bond donors (Lipinski definition) is 3. The largest absolute Gasteiger partial charge is 0.496 e. The topological polar surface area (TPSA) is 96.1 Å². The Balaban J connectivity index is 1.64. The summed E-state index contributed by atoms with van der Waals surface area (Å²) in [6, 6.07) is 4.47. The Bertz CT molecular complexity index is 1040. The molecule has 3 N–H and O–H groups in total. The van der Waals surface area contributed by atoms with Gasteiger partial charge in [0.05, 0.1) is 29.1 Å². The lowest BCUT2D eigenvalue weighted by atomic mass is 10.2. The number of methoxy groups -OCH3 is 1. The van der Waals surface area contributed by atoms with Crippen molar-refractivity contribution >= 4 is 40.6 Å². The average Bonchev–Trinajstić information content (AvgIpc) is 3.31. The molecule has 28 heavy (non-hydrogen) atoms. The Morgan fingerprint density at radius 3 is 2.75 bits per heavy atom. The number of benzene rings is 1. The van der Waals surface area contributed by atoms with Crippen LogP contribution < -0.4 is 15.4 Å². The highest BCUT2D eigenvalue weighted by Gasteiger charge is 2.17. The highest BCUT2D eigenvalue weighted by atomic mass is 35.5. The number of hydrogen-bond acceptors (Lipinski definition) is 5. The number of carbonyl (C=O) groups is 2. The number of halogens is 3. The molecule has 0 unspecified atom stereocenters. The molecular weight excluding hydrogens is 414 g/mol. The number of H-pyrrole nitrogens is 1. The molecule has 0 saturated heterocycles. The van der Waals surface area contributed by atoms with Gasteiger partial charge >= 0.3 is 0 Å². The highest BCUT2D eigenvalue weighted by Crippen LogP contribution is 2.24. The van der Waals surface area contributed by atoms with Crippen molar-refractivity contribution in [3.8, 4) is 5.75 Å². The zero-order valence-corrected chi connectivity index (χ0v) is 15.9. The third-order valence-electron chi connectivity index (χ3n) is 3.65. The molecule has 7 nitrogen and oxygen atoms in total. The molecule has 3 aromatic rings. The second-order valence-corrected chi connectivity index (χ2v) is 6.87. The molecule has 0 saturated carbocycles. The predicted molar refractivity (Wildman–Crippen MR) is 100.0 cm³/mol. The van der Waals surface area contributed by atoms with Gasteiger partial charge in [-0.3, -0.25) is 14.7 Å². The van der Waals surface area contributed by atoms with E-state index >= 15 is 0 Å². The first kappa shape index (κ1) is 19.8. The van der Waals surface area contributed by atoms with Crippen LogP contribution in [-0.2, 0) is 6.54 Å². The van der Waals surface area contributed by atoms with E-state index in [1.807, 2.05) is 5.38 Å². The van der Waals surface area contributed by atoms with Crippen LogP contribution in [0.4, 0.5) is 14.6 Å². The van der Waals surface area contributed by atoms with E-state index in [1.165, 1.54) is 24.5 Å². The molecule has 0 aliphatic heterocycles. The van der Waals surface area contributed by atoms with Gasteiger partial charge < -0.3 is 15.4 Å². The average molecular weight is 427 g/mol. The Hall–Kier alpha value is -2.98. The van der Waals surface area contributed by atoms with Crippen molar-refractivity contribution in [2.24, 2.45) is 0 Å². The van der Waals surface area contributed by atoms with E-state index in [1.54, 1.807) is 6.07 Å². The summed E-state index contributed by atoms with van der Waals surface area (Å²) < 4.78 is 31.6. The molecule has 0 bridgehead atoms. The van der Waals surface area contributed by atoms with E-state index in [9.17, 15) is 18.4 Å². The summed E-state index contributed by atoms with van der Waals surface area (Å²) >= 11 is 7.20. The van der Waals surface area contributed by atoms with Crippen LogP contribution in [0.25, 0.3) is 0 Å². The molecule has 0 aliphatic carbocycles. The minimum Gasteiger partial charge on any atom is -0.496 e. The SMILES string of the molecule is COc1ccsc1CNC(=O)c1cc(NC(=O)c2cc(F)c(F)cc2Cl)n[nH]1. The molecular formula is C17H13ClF2N4O3S. The van der Waals surface area contributed by atoms with Gasteiger partial charge in [-0.05, 0) is 23.6 Å². The van der Waals surface area contributed by atoms with Gasteiger partial charge in [0.2, 0.25) is 0 Å². The lowest BCUT2D eigenvalue weighted by Crippen LogP contribution is -2.22. The number of amides is 2. The smallest absolute Gasteiger partial charge is 0.269 e. The predicted octanol–water partition coefficient (Wildman–Crippen LogP) is 3.59. The molecule has 2 amide bonds. The summed E-state index contributed by atoms with van der Waals surface area (Å²) in [6.45, 7) is 0.255. The summed E-state index contributed by atoms with van der Waals surface area (Å²) in [5.74, 6) is -2.93. The van der Waals surface area contributed by atoms with Crippen molar-refractivity contribution in [2.75, 3.05) is 12.4 Å². The summed E-state index contributed by atoms with van der Waals surface area (Å²) in [7, 11) is 1.54. The van der Waals surface area contributed by atoms with Crippen LogP contribution in [0.15, 0.2) is 29.6 Å². The number of thiophene rings is 1. The standard InChI is InChI=1S/C17H13ClF2N4O3S/c1-27-13-2-3-28-14(13)7-21-17(26)12-6-15(24-23-12)22-16(25)8-4-10(19)11(20)5-9(8)18/h2-6H,7H2,1H3,(H,21,26)(H2,22,23,24,25). The molecule has 0 atom stereocenters. The summed E-state index contributed by atoms with van der Waals surface area (Å²) in [6.07, 6.45) is 0. The van der Waals surface area contributed by atoms with Crippen LogP contribution >= 0.6 is 22.9 Å². The van der Waals surface area contributed by atoms with E-state index in [0.717, 1.165) is 4.88 Å². The van der Waals surface area contributed by atoms with Crippen LogP contribution in [0.3, 0.4) is 0 Å². The Labute approximate surface area is 166 Å². The first-order valence-electron chi connectivity index (χ1n) is 7.79. The number of nitrogens with zero attached hydrogens (tertiary/aromatic N) is 1. The minimum atomic E-state index is -1.21. The molecule has 11 heteroatoms. The van der Waals surface area contributed by atoms with E-state index < -0.39 is 23.4 Å². The number of aromatic nitrogens is 2. The Kier molecular flexibility index (Phi) is 5.90. The van der Waals surface area contributed by atoms with Crippen molar-refractivity contribution in [3.05, 3.63) is 62.4 Å². The number of anilines is 1. The molecule has 146 valence electrons. The maximum Gasteiger partial charge on any atom is 0.269 e. The fourth-order valence-corrected chi connectivity index (χ4v) is 3.29. The monoisotopic (exact) mass is 426 g/mol. The minimum absolute atomic E-state index is 0.0182. The van der Waals surface area contributed by atoms with Gasteiger partial charge in [0, 0.05) is 6.07 Å². The quantitative estimate of drug-likeness (QED) is 0.525. The molecule has 0 aliphatic rings. The van der Waals surface area contributed by atoms with Gasteiger partial charge in [0.15, 0.2) is 17.5 Å². The van der Waals surface area contributed by atoms with E-state index in [0.29, 0.717) is 17.9 Å². The van der Waals surface area contributed by atoms with Crippen molar-refractivity contribution in [3.63, 3.8) is 0 Å². The van der Waals surface area contributed by atoms with Gasteiger partial charge in [-0.25, -0.2) is 8.78 Å². The molecule has 2 aromatic heterocycles. The van der Waals surface area contributed by atoms with Gasteiger partial charge in [0.25, 0.3) is 11.8 Å². The lowest BCUT2D eigenvalue weighted by molar-refractivity contribution is 0.0945. The fraction of sp³-hybridized carbons (Fsp3) is 0.118. The zero-order valence-electron chi connectivity index (χ0n) is 14.3. The van der Waals surface area contributed by atoms with Crippen LogP contribution in [-0.4, -0.2) is 29.1 Å². The molecule has 0 spiro atoms. The molecule has 2 heterocycles. The van der Waals surface area contributed by atoms with Crippen molar-refractivity contribution in [1.29, 1.82) is 0 Å². The van der Waals surface area contributed by atoms with Crippen LogP contribution in [0.5, 0.6) is 5.75 Å². The third kappa shape index (κ3) is 4.29. The number of rotatable bonds is 6. The summed E-state index contributed by atoms with van der Waals surface area (Å²) in [5.41, 5.74) is -0.165. The number of ether oxygens (including phenoxy) is 1. The van der Waals surface area contributed by atoms with Gasteiger partial charge in [-0.1, -0.05) is 11.6 Å². The van der Waals surface area contributed by atoms with Gasteiger partial charge in [0.1, 0.15) is 11.4 Å². The van der Waals surface area contributed by atoms with Crippen LogP contribution in [0, 0.1) is 11.6 Å². The third-order valence-corrected chi connectivity index (χ3v) is 4.87. The maximum atomic E-state index is 13.3. The molecule has 0 fully saturated rings. The molecule has 1 aromatic carbocycles. The first-order valence-corrected chi connectivity index (χ1v) is 9.04. The van der Waals surface area contributed by atoms with Gasteiger partial charge in [-0.2, -0.15) is 5.10 Å². The second-order valence-electron chi connectivity index (χ2n) is 5.46. The van der Waals surface area contributed by atoms with E-state index in [2.05, 4.69) is 20.8 Å². The van der Waals surface area contributed by atoms with Crippen molar-refractivity contribution < 1.29 is 23.1 Å².